The highest BCUT2D eigenvalue weighted by Gasteiger charge is 2.40. The van der Waals surface area contributed by atoms with E-state index in [9.17, 15) is 18.0 Å². The summed E-state index contributed by atoms with van der Waals surface area (Å²) in [5.74, 6) is 0.721. The van der Waals surface area contributed by atoms with Crippen LogP contribution in [0, 0.1) is 6.92 Å². The van der Waals surface area contributed by atoms with E-state index in [0.717, 1.165) is 18.4 Å². The molecule has 1 atom stereocenters. The van der Waals surface area contributed by atoms with E-state index >= 15 is 0 Å². The molecule has 1 aromatic rings. The van der Waals surface area contributed by atoms with Gasteiger partial charge in [0.2, 0.25) is 0 Å². The first-order valence-electron chi connectivity index (χ1n) is 6.92. The summed E-state index contributed by atoms with van der Waals surface area (Å²) < 4.78 is 46.5. The molecule has 1 aliphatic rings. The van der Waals surface area contributed by atoms with Crippen LogP contribution in [-0.4, -0.2) is 59.5 Å². The van der Waals surface area contributed by atoms with Gasteiger partial charge in [-0.2, -0.15) is 13.2 Å². The summed E-state index contributed by atoms with van der Waals surface area (Å²) in [4.78, 5) is 15.0. The lowest BCUT2D eigenvalue weighted by Crippen LogP contribution is -2.49. The monoisotopic (exact) mass is 321 g/mol. The Hall–Kier alpha value is -1.77. The van der Waals surface area contributed by atoms with E-state index in [0.29, 0.717) is 32.7 Å². The van der Waals surface area contributed by atoms with Crippen molar-refractivity contribution >= 4 is 6.09 Å². The molecular weight excluding hydrogens is 303 g/mol. The second-order valence-corrected chi connectivity index (χ2v) is 5.26. The van der Waals surface area contributed by atoms with Crippen LogP contribution in [-0.2, 0) is 11.3 Å². The summed E-state index contributed by atoms with van der Waals surface area (Å²) in [7, 11) is 0. The third-order valence-corrected chi connectivity index (χ3v) is 3.43. The van der Waals surface area contributed by atoms with Crippen molar-refractivity contribution in [1.82, 2.24) is 15.0 Å². The number of aryl methyl sites for hydroxylation is 1. The molecule has 0 saturated carbocycles. The molecule has 2 heterocycles. The van der Waals surface area contributed by atoms with Crippen molar-refractivity contribution in [2.24, 2.45) is 0 Å². The van der Waals surface area contributed by atoms with Crippen molar-refractivity contribution in [2.45, 2.75) is 32.7 Å². The molecule has 0 bridgehead atoms. The van der Waals surface area contributed by atoms with E-state index in [-0.39, 0.29) is 0 Å². The highest BCUT2D eigenvalue weighted by molar-refractivity contribution is 5.68. The van der Waals surface area contributed by atoms with E-state index in [1.807, 2.05) is 11.0 Å². The van der Waals surface area contributed by atoms with E-state index in [1.165, 1.54) is 4.90 Å². The molecular formula is C13H18F3N3O3. The zero-order valence-corrected chi connectivity index (χ0v) is 12.4. The number of hydrogen-bond donors (Lipinski definition) is 0. The number of hydrogen-bond acceptors (Lipinski definition) is 5. The Morgan fingerprint density at radius 2 is 2.05 bits per heavy atom. The van der Waals surface area contributed by atoms with Crippen molar-refractivity contribution in [3.05, 3.63) is 17.5 Å². The average molecular weight is 321 g/mol. The topological polar surface area (TPSA) is 58.8 Å². The van der Waals surface area contributed by atoms with Gasteiger partial charge in [-0.1, -0.05) is 5.16 Å². The maximum atomic E-state index is 12.4. The summed E-state index contributed by atoms with van der Waals surface area (Å²) in [6, 6.07) is 1.83. The Kier molecular flexibility index (Phi) is 4.94. The van der Waals surface area contributed by atoms with Crippen LogP contribution in [0.3, 0.4) is 0 Å². The molecule has 124 valence electrons. The van der Waals surface area contributed by atoms with Gasteiger partial charge in [0.1, 0.15) is 5.76 Å². The predicted molar refractivity (Wildman–Crippen MR) is 70.1 cm³/mol. The molecule has 0 N–H and O–H groups in total. The molecule has 0 radical (unpaired) electrons. The number of carbonyl (C=O) groups excluding carboxylic acids is 1. The Morgan fingerprint density at radius 1 is 1.41 bits per heavy atom. The van der Waals surface area contributed by atoms with Gasteiger partial charge in [-0.3, -0.25) is 4.90 Å². The molecule has 1 aromatic heterocycles. The minimum absolute atomic E-state index is 0.320. The van der Waals surface area contributed by atoms with Crippen LogP contribution in [0.2, 0.25) is 0 Å². The summed E-state index contributed by atoms with van der Waals surface area (Å²) >= 11 is 0. The second-order valence-electron chi connectivity index (χ2n) is 5.26. The van der Waals surface area contributed by atoms with Crippen molar-refractivity contribution in [1.29, 1.82) is 0 Å². The standard InChI is InChI=1S/C13H18F3N3O3/c1-9-7-11(17-22-9)8-18-3-5-19(6-4-18)12(20)21-10(2)13(14,15)16/h7,10H,3-6,8H2,1-2H3. The SMILES string of the molecule is Cc1cc(CN2CCN(C(=O)OC(C)C(F)(F)F)CC2)no1. The fraction of sp³-hybridized carbons (Fsp3) is 0.692. The molecule has 22 heavy (non-hydrogen) atoms. The first kappa shape index (κ1) is 16.6. The van der Waals surface area contributed by atoms with Gasteiger partial charge in [-0.15, -0.1) is 0 Å². The van der Waals surface area contributed by atoms with Crippen LogP contribution in [0.25, 0.3) is 0 Å². The van der Waals surface area contributed by atoms with Crippen LogP contribution in [0.5, 0.6) is 0 Å². The van der Waals surface area contributed by atoms with Crippen molar-refractivity contribution < 1.29 is 27.2 Å². The van der Waals surface area contributed by atoms with Crippen LogP contribution in [0.4, 0.5) is 18.0 Å². The number of ether oxygens (including phenoxy) is 1. The third kappa shape index (κ3) is 4.36. The van der Waals surface area contributed by atoms with Crippen molar-refractivity contribution in [3.63, 3.8) is 0 Å². The molecule has 1 aliphatic heterocycles. The van der Waals surface area contributed by atoms with Gasteiger partial charge >= 0.3 is 12.3 Å². The van der Waals surface area contributed by atoms with E-state index in [1.54, 1.807) is 6.92 Å². The highest BCUT2D eigenvalue weighted by atomic mass is 19.4. The van der Waals surface area contributed by atoms with Gasteiger partial charge in [-0.25, -0.2) is 4.79 Å². The number of aromatic nitrogens is 1. The summed E-state index contributed by atoms with van der Waals surface area (Å²) in [6.45, 7) is 4.93. The Balaban J connectivity index is 1.78. The number of piperazine rings is 1. The first-order valence-corrected chi connectivity index (χ1v) is 6.92. The number of nitrogens with zero attached hydrogens (tertiary/aromatic N) is 3. The van der Waals surface area contributed by atoms with Gasteiger partial charge in [0, 0.05) is 38.8 Å². The van der Waals surface area contributed by atoms with Crippen molar-refractivity contribution in [2.75, 3.05) is 26.2 Å². The lowest BCUT2D eigenvalue weighted by Gasteiger charge is -2.34. The Morgan fingerprint density at radius 3 is 2.55 bits per heavy atom. The molecule has 6 nitrogen and oxygen atoms in total. The minimum atomic E-state index is -4.54. The molecule has 0 aromatic carbocycles. The fourth-order valence-electron chi connectivity index (χ4n) is 2.10. The second kappa shape index (κ2) is 6.55. The number of alkyl halides is 3. The van der Waals surface area contributed by atoms with Crippen LogP contribution >= 0.6 is 0 Å². The predicted octanol–water partition coefficient (Wildman–Crippen LogP) is 2.19. The van der Waals surface area contributed by atoms with E-state index in [2.05, 4.69) is 9.89 Å². The van der Waals surface area contributed by atoms with E-state index < -0.39 is 18.4 Å². The number of halogens is 3. The van der Waals surface area contributed by atoms with Gasteiger partial charge in [0.25, 0.3) is 0 Å². The molecule has 2 rings (SSSR count). The van der Waals surface area contributed by atoms with Gasteiger partial charge < -0.3 is 14.2 Å². The molecule has 9 heteroatoms. The van der Waals surface area contributed by atoms with Crippen LogP contribution in [0.1, 0.15) is 18.4 Å². The Bertz CT molecular complexity index is 510. The molecule has 1 saturated heterocycles. The maximum Gasteiger partial charge on any atom is 0.425 e. The van der Waals surface area contributed by atoms with Gasteiger partial charge in [-0.05, 0) is 13.8 Å². The average Bonchev–Trinajstić information content (AvgIpc) is 2.83. The lowest BCUT2D eigenvalue weighted by molar-refractivity contribution is -0.200. The van der Waals surface area contributed by atoms with Crippen LogP contribution < -0.4 is 0 Å². The van der Waals surface area contributed by atoms with E-state index in [4.69, 9.17) is 4.52 Å². The molecule has 0 spiro atoms. The first-order chi connectivity index (χ1) is 10.3. The molecule has 1 amide bonds. The smallest absolute Gasteiger partial charge is 0.425 e. The number of carbonyl (C=O) groups is 1. The summed E-state index contributed by atoms with van der Waals surface area (Å²) in [5.41, 5.74) is 0.791. The largest absolute Gasteiger partial charge is 0.437 e. The number of rotatable bonds is 3. The highest BCUT2D eigenvalue weighted by Crippen LogP contribution is 2.23. The zero-order valence-electron chi connectivity index (χ0n) is 12.4. The quantitative estimate of drug-likeness (QED) is 0.854. The molecule has 1 unspecified atom stereocenters. The number of amides is 1. The van der Waals surface area contributed by atoms with Gasteiger partial charge in [0.15, 0.2) is 6.10 Å². The van der Waals surface area contributed by atoms with Crippen LogP contribution in [0.15, 0.2) is 10.6 Å². The summed E-state index contributed by atoms with van der Waals surface area (Å²) in [6.07, 6.45) is -7.57. The third-order valence-electron chi connectivity index (χ3n) is 3.43. The maximum absolute atomic E-state index is 12.4. The molecule has 1 fully saturated rings. The Labute approximate surface area is 125 Å². The molecule has 0 aliphatic carbocycles. The van der Waals surface area contributed by atoms with Gasteiger partial charge in [0.05, 0.1) is 5.69 Å². The minimum Gasteiger partial charge on any atom is -0.437 e. The lowest BCUT2D eigenvalue weighted by atomic mass is 10.3. The zero-order chi connectivity index (χ0) is 16.3. The normalized spacial score (nSPS) is 18.3. The summed E-state index contributed by atoms with van der Waals surface area (Å²) in [5, 5.41) is 3.88. The van der Waals surface area contributed by atoms with Crippen molar-refractivity contribution in [3.8, 4) is 0 Å². The fourth-order valence-corrected chi connectivity index (χ4v) is 2.10.